The minimum Gasteiger partial charge on any atom is -0.494 e. The smallest absolute Gasteiger partial charge is 0.311 e. The predicted octanol–water partition coefficient (Wildman–Crippen LogP) is 8.86. The van der Waals surface area contributed by atoms with Crippen LogP contribution < -0.4 is 14.9 Å². The number of ether oxygens (including phenoxy) is 2. The number of hydrogen-bond acceptors (Lipinski definition) is 5. The number of carbonyl (C=O) groups excluding carboxylic acids is 1. The third-order valence-corrected chi connectivity index (χ3v) is 6.64. The van der Waals surface area contributed by atoms with Gasteiger partial charge in [-0.25, -0.2) is 0 Å². The molecule has 0 fully saturated rings. The average molecular weight is 507 g/mol. The first-order chi connectivity index (χ1) is 18.1. The van der Waals surface area contributed by atoms with E-state index in [0.717, 1.165) is 43.4 Å². The van der Waals surface area contributed by atoms with Gasteiger partial charge in [-0.15, -0.1) is 0 Å². The highest BCUT2D eigenvalue weighted by Crippen LogP contribution is 2.25. The van der Waals surface area contributed by atoms with Crippen molar-refractivity contribution in [2.24, 2.45) is 0 Å². The van der Waals surface area contributed by atoms with Crippen molar-refractivity contribution in [2.45, 2.75) is 97.3 Å². The van der Waals surface area contributed by atoms with E-state index in [9.17, 15) is 9.59 Å². The fraction of sp³-hybridized carbons (Fsp3) is 0.500. The lowest BCUT2D eigenvalue weighted by molar-refractivity contribution is -0.134. The summed E-state index contributed by atoms with van der Waals surface area (Å²) in [5.74, 6) is 0.930. The molecule has 5 nitrogen and oxygen atoms in total. The summed E-state index contributed by atoms with van der Waals surface area (Å²) in [4.78, 5) is 25.2. The highest BCUT2D eigenvalue weighted by Gasteiger charge is 2.12. The van der Waals surface area contributed by atoms with Gasteiger partial charge in [0, 0.05) is 12.5 Å². The molecule has 3 rings (SSSR count). The van der Waals surface area contributed by atoms with Crippen LogP contribution in [-0.4, -0.2) is 12.6 Å². The van der Waals surface area contributed by atoms with Gasteiger partial charge in [-0.3, -0.25) is 9.59 Å². The van der Waals surface area contributed by atoms with Gasteiger partial charge in [0.05, 0.1) is 17.6 Å². The van der Waals surface area contributed by atoms with Crippen LogP contribution in [0.2, 0.25) is 0 Å². The topological polar surface area (TPSA) is 65.7 Å². The Labute approximate surface area is 221 Å². The minimum absolute atomic E-state index is 0.119. The van der Waals surface area contributed by atoms with Crippen LogP contribution in [-0.2, 0) is 4.79 Å². The monoisotopic (exact) mass is 506 g/mol. The van der Waals surface area contributed by atoms with Gasteiger partial charge >= 0.3 is 5.97 Å². The van der Waals surface area contributed by atoms with Gasteiger partial charge in [-0.05, 0) is 42.7 Å². The first-order valence-corrected chi connectivity index (χ1v) is 14.1. The molecule has 3 aromatic rings. The van der Waals surface area contributed by atoms with Crippen molar-refractivity contribution in [3.8, 4) is 22.6 Å². The lowest BCUT2D eigenvalue weighted by Crippen LogP contribution is -2.08. The second kappa shape index (κ2) is 15.9. The molecule has 2 aromatic carbocycles. The molecule has 0 saturated heterocycles. The molecule has 0 atom stereocenters. The van der Waals surface area contributed by atoms with Gasteiger partial charge in [0.15, 0.2) is 5.43 Å². The molecule has 0 aliphatic rings. The first-order valence-electron chi connectivity index (χ1n) is 14.1. The standard InChI is InChI=1S/C32H42O5/c1-3-5-7-9-10-11-12-14-22-35-26-18-16-25(17-19-26)29-24-36-30-23-27(20-21-28(30)32(29)34)37-31(33)15-13-8-6-4-2/h16-21,23-24H,3-15,22H2,1-2H3. The summed E-state index contributed by atoms with van der Waals surface area (Å²) < 4.78 is 17.1. The summed E-state index contributed by atoms with van der Waals surface area (Å²) in [5, 5.41) is 0.454. The van der Waals surface area contributed by atoms with Gasteiger partial charge in [0.2, 0.25) is 0 Å². The van der Waals surface area contributed by atoms with Gasteiger partial charge in [0.1, 0.15) is 23.3 Å². The quantitative estimate of drug-likeness (QED) is 0.104. The first kappa shape index (κ1) is 28.5. The van der Waals surface area contributed by atoms with Crippen molar-refractivity contribution in [3.63, 3.8) is 0 Å². The molecule has 0 bridgehead atoms. The van der Waals surface area contributed by atoms with Crippen molar-refractivity contribution >= 4 is 16.9 Å². The minimum atomic E-state index is -0.265. The van der Waals surface area contributed by atoms with E-state index in [1.54, 1.807) is 18.2 Å². The molecule has 1 heterocycles. The molecule has 0 unspecified atom stereocenters. The van der Waals surface area contributed by atoms with Gasteiger partial charge in [-0.2, -0.15) is 0 Å². The normalized spacial score (nSPS) is 11.1. The third-order valence-electron chi connectivity index (χ3n) is 6.64. The fourth-order valence-corrected chi connectivity index (χ4v) is 4.41. The molecule has 0 spiro atoms. The molecule has 0 aliphatic carbocycles. The van der Waals surface area contributed by atoms with E-state index < -0.39 is 0 Å². The van der Waals surface area contributed by atoms with E-state index in [2.05, 4.69) is 13.8 Å². The van der Waals surface area contributed by atoms with Crippen molar-refractivity contribution in [1.29, 1.82) is 0 Å². The fourth-order valence-electron chi connectivity index (χ4n) is 4.41. The Balaban J connectivity index is 1.51. The summed E-state index contributed by atoms with van der Waals surface area (Å²) in [6, 6.07) is 12.5. The highest BCUT2D eigenvalue weighted by atomic mass is 16.5. The van der Waals surface area contributed by atoms with E-state index in [1.165, 1.54) is 51.2 Å². The second-order valence-electron chi connectivity index (χ2n) is 9.77. The Hall–Kier alpha value is -3.08. The summed E-state index contributed by atoms with van der Waals surface area (Å²) in [6.45, 7) is 5.08. The lowest BCUT2D eigenvalue weighted by Gasteiger charge is -2.08. The Kier molecular flexibility index (Phi) is 12.2. The largest absolute Gasteiger partial charge is 0.494 e. The summed E-state index contributed by atoms with van der Waals surface area (Å²) in [5.41, 5.74) is 1.54. The van der Waals surface area contributed by atoms with Crippen LogP contribution >= 0.6 is 0 Å². The van der Waals surface area contributed by atoms with E-state index >= 15 is 0 Å². The van der Waals surface area contributed by atoms with Crippen LogP contribution in [0.25, 0.3) is 22.1 Å². The molecule has 0 radical (unpaired) electrons. The number of rotatable bonds is 17. The zero-order valence-corrected chi connectivity index (χ0v) is 22.6. The van der Waals surface area contributed by atoms with Crippen LogP contribution in [0, 0.1) is 0 Å². The molecule has 0 aliphatic heterocycles. The van der Waals surface area contributed by atoms with Crippen LogP contribution in [0.3, 0.4) is 0 Å². The van der Waals surface area contributed by atoms with Crippen LogP contribution in [0.1, 0.15) is 97.3 Å². The zero-order valence-electron chi connectivity index (χ0n) is 22.6. The molecule has 0 amide bonds. The molecule has 0 N–H and O–H groups in total. The number of benzene rings is 2. The molecule has 1 aromatic heterocycles. The molecule has 5 heteroatoms. The Morgan fingerprint density at radius 3 is 2.08 bits per heavy atom. The molecular weight excluding hydrogens is 464 g/mol. The third kappa shape index (κ3) is 9.38. The average Bonchev–Trinajstić information content (AvgIpc) is 2.91. The summed E-state index contributed by atoms with van der Waals surface area (Å²) in [6.07, 6.45) is 16.1. The lowest BCUT2D eigenvalue weighted by atomic mass is 10.1. The van der Waals surface area contributed by atoms with Gasteiger partial charge < -0.3 is 13.9 Å². The van der Waals surface area contributed by atoms with Crippen molar-refractivity contribution in [2.75, 3.05) is 6.61 Å². The number of carbonyl (C=O) groups is 1. The van der Waals surface area contributed by atoms with Crippen LogP contribution in [0.4, 0.5) is 0 Å². The predicted molar refractivity (Wildman–Crippen MR) is 150 cm³/mol. The summed E-state index contributed by atoms with van der Waals surface area (Å²) in [7, 11) is 0. The Morgan fingerprint density at radius 2 is 1.38 bits per heavy atom. The van der Waals surface area contributed by atoms with Crippen molar-refractivity contribution < 1.29 is 18.7 Å². The van der Waals surface area contributed by atoms with Crippen molar-refractivity contribution in [1.82, 2.24) is 0 Å². The Morgan fingerprint density at radius 1 is 0.757 bits per heavy atom. The molecular formula is C32H42O5. The molecule has 200 valence electrons. The van der Waals surface area contributed by atoms with Crippen LogP contribution in [0.15, 0.2) is 57.9 Å². The van der Waals surface area contributed by atoms with Crippen molar-refractivity contribution in [3.05, 3.63) is 59.0 Å². The SMILES string of the molecule is CCCCCCCCCCOc1ccc(-c2coc3cc(OC(=O)CCCCCC)ccc3c2=O)cc1. The number of esters is 1. The maximum absolute atomic E-state index is 13.1. The summed E-state index contributed by atoms with van der Waals surface area (Å²) >= 11 is 0. The maximum atomic E-state index is 13.1. The second-order valence-corrected chi connectivity index (χ2v) is 9.77. The zero-order chi connectivity index (χ0) is 26.3. The highest BCUT2D eigenvalue weighted by molar-refractivity contribution is 5.83. The molecule has 37 heavy (non-hydrogen) atoms. The number of unbranched alkanes of at least 4 members (excludes halogenated alkanes) is 10. The van der Waals surface area contributed by atoms with Crippen LogP contribution in [0.5, 0.6) is 11.5 Å². The number of fused-ring (bicyclic) bond motifs is 1. The van der Waals surface area contributed by atoms with E-state index in [4.69, 9.17) is 13.9 Å². The van der Waals surface area contributed by atoms with Gasteiger partial charge in [-0.1, -0.05) is 90.2 Å². The van der Waals surface area contributed by atoms with Gasteiger partial charge in [0.25, 0.3) is 0 Å². The van der Waals surface area contributed by atoms with E-state index in [0.29, 0.717) is 35.3 Å². The van der Waals surface area contributed by atoms with E-state index in [1.807, 2.05) is 24.3 Å². The van der Waals surface area contributed by atoms with E-state index in [-0.39, 0.29) is 11.4 Å². The Bertz CT molecular complexity index is 1150. The maximum Gasteiger partial charge on any atom is 0.311 e. The molecule has 0 saturated carbocycles. The number of hydrogen-bond donors (Lipinski definition) is 0.